The summed E-state index contributed by atoms with van der Waals surface area (Å²) in [5, 5.41) is 23.9. The third-order valence-corrected chi connectivity index (χ3v) is 4.44. The van der Waals surface area contributed by atoms with Gasteiger partial charge in [0.2, 0.25) is 0 Å². The largest absolute Gasteiger partial charge is 0.389 e. The Hall–Kier alpha value is -1.76. The van der Waals surface area contributed by atoms with E-state index in [1.807, 2.05) is 60.7 Å². The fourth-order valence-corrected chi connectivity index (χ4v) is 2.94. The van der Waals surface area contributed by atoms with Gasteiger partial charge in [-0.25, -0.2) is 0 Å². The summed E-state index contributed by atoms with van der Waals surface area (Å²) in [6, 6.07) is 19.3. The van der Waals surface area contributed by atoms with Gasteiger partial charge in [0.15, 0.2) is 0 Å². The van der Waals surface area contributed by atoms with Gasteiger partial charge in [0.05, 0.1) is 38.1 Å². The first-order valence-corrected chi connectivity index (χ1v) is 8.61. The molecule has 0 amide bonds. The molecular weight excluding hydrogens is 318 g/mol. The van der Waals surface area contributed by atoms with Crippen molar-refractivity contribution in [1.29, 1.82) is 0 Å². The maximum absolute atomic E-state index is 10.3. The Morgan fingerprint density at radius 1 is 0.840 bits per heavy atom. The third-order valence-electron chi connectivity index (χ3n) is 4.44. The molecule has 4 atom stereocenters. The molecule has 1 aliphatic heterocycles. The predicted octanol–water partition coefficient (Wildman–Crippen LogP) is 1.48. The Balaban J connectivity index is 1.43. The highest BCUT2D eigenvalue weighted by atomic mass is 16.5. The Morgan fingerprint density at radius 2 is 1.44 bits per heavy atom. The molecule has 0 unspecified atom stereocenters. The van der Waals surface area contributed by atoms with Crippen LogP contribution in [0.4, 0.5) is 0 Å². The Morgan fingerprint density at radius 3 is 2.08 bits per heavy atom. The Kier molecular flexibility index (Phi) is 6.55. The Labute approximate surface area is 148 Å². The monoisotopic (exact) mass is 343 g/mol. The molecule has 1 aliphatic rings. The van der Waals surface area contributed by atoms with Crippen molar-refractivity contribution in [2.24, 2.45) is 0 Å². The quantitative estimate of drug-likeness (QED) is 0.710. The molecule has 2 aromatic rings. The summed E-state index contributed by atoms with van der Waals surface area (Å²) in [7, 11) is 0. The molecule has 2 aromatic carbocycles. The van der Waals surface area contributed by atoms with Gasteiger partial charge in [0.25, 0.3) is 0 Å². The van der Waals surface area contributed by atoms with Crippen LogP contribution in [0.25, 0.3) is 0 Å². The van der Waals surface area contributed by atoms with Crippen molar-refractivity contribution in [2.45, 2.75) is 37.6 Å². The van der Waals surface area contributed by atoms with Crippen molar-refractivity contribution in [2.75, 3.05) is 13.2 Å². The number of hydrogen-bond acceptors (Lipinski definition) is 5. The van der Waals surface area contributed by atoms with Gasteiger partial charge in [-0.05, 0) is 11.1 Å². The van der Waals surface area contributed by atoms with Crippen LogP contribution in [0, 0.1) is 0 Å². The number of benzene rings is 2. The van der Waals surface area contributed by atoms with Crippen LogP contribution in [0.15, 0.2) is 60.7 Å². The summed E-state index contributed by atoms with van der Waals surface area (Å²) in [4.78, 5) is 0. The van der Waals surface area contributed by atoms with Crippen LogP contribution >= 0.6 is 0 Å². The lowest BCUT2D eigenvalue weighted by atomic mass is 9.96. The predicted molar refractivity (Wildman–Crippen MR) is 94.9 cm³/mol. The second kappa shape index (κ2) is 9.08. The molecule has 1 fully saturated rings. The summed E-state index contributed by atoms with van der Waals surface area (Å²) >= 11 is 0. The molecule has 134 valence electrons. The molecule has 0 bridgehead atoms. The molecule has 0 spiro atoms. The molecule has 5 heteroatoms. The highest BCUT2D eigenvalue weighted by Gasteiger charge is 2.37. The average Bonchev–Trinajstić information content (AvgIpc) is 2.66. The van der Waals surface area contributed by atoms with Gasteiger partial charge >= 0.3 is 0 Å². The molecule has 3 rings (SSSR count). The zero-order valence-electron chi connectivity index (χ0n) is 14.1. The van der Waals surface area contributed by atoms with Gasteiger partial charge in [0, 0.05) is 6.54 Å². The summed E-state index contributed by atoms with van der Waals surface area (Å²) in [6.07, 6.45) is -2.30. The first-order valence-electron chi connectivity index (χ1n) is 8.61. The molecule has 25 heavy (non-hydrogen) atoms. The lowest BCUT2D eigenvalue weighted by molar-refractivity contribution is -0.132. The van der Waals surface area contributed by atoms with Crippen molar-refractivity contribution in [3.63, 3.8) is 0 Å². The van der Waals surface area contributed by atoms with E-state index < -0.39 is 18.3 Å². The van der Waals surface area contributed by atoms with E-state index >= 15 is 0 Å². The van der Waals surface area contributed by atoms with Crippen LogP contribution < -0.4 is 5.32 Å². The first-order chi connectivity index (χ1) is 12.2. The molecular formula is C20H25NO4. The number of rotatable bonds is 7. The van der Waals surface area contributed by atoms with E-state index in [1.165, 1.54) is 0 Å². The first kappa shape index (κ1) is 18.0. The minimum Gasteiger partial charge on any atom is -0.389 e. The second-order valence-electron chi connectivity index (χ2n) is 6.33. The molecule has 1 saturated heterocycles. The molecule has 0 saturated carbocycles. The van der Waals surface area contributed by atoms with E-state index in [0.717, 1.165) is 11.1 Å². The molecule has 0 aromatic heterocycles. The van der Waals surface area contributed by atoms with E-state index in [2.05, 4.69) is 5.32 Å². The number of nitrogens with one attached hydrogen (secondary N) is 1. The van der Waals surface area contributed by atoms with Gasteiger partial charge in [-0.15, -0.1) is 0 Å². The highest BCUT2D eigenvalue weighted by molar-refractivity contribution is 5.14. The SMILES string of the molecule is O[C@@H]1[C@H](O)[C@@H](OCc2ccccc2)CN[C@@H]1COCc1ccccc1. The summed E-state index contributed by atoms with van der Waals surface area (Å²) < 4.78 is 11.4. The lowest BCUT2D eigenvalue weighted by Crippen LogP contribution is -2.61. The van der Waals surface area contributed by atoms with Gasteiger partial charge in [-0.1, -0.05) is 60.7 Å². The van der Waals surface area contributed by atoms with Crippen LogP contribution in [0.3, 0.4) is 0 Å². The van der Waals surface area contributed by atoms with Crippen LogP contribution in [0.1, 0.15) is 11.1 Å². The number of piperidine rings is 1. The van der Waals surface area contributed by atoms with E-state index in [0.29, 0.717) is 26.4 Å². The average molecular weight is 343 g/mol. The Bertz CT molecular complexity index is 620. The molecule has 3 N–H and O–H groups in total. The molecule has 0 aliphatic carbocycles. The maximum Gasteiger partial charge on any atom is 0.109 e. The van der Waals surface area contributed by atoms with Crippen LogP contribution in [0.5, 0.6) is 0 Å². The number of aliphatic hydroxyl groups excluding tert-OH is 2. The number of hydrogen-bond donors (Lipinski definition) is 3. The standard InChI is InChI=1S/C20H25NO4/c22-19-17(14-24-12-15-7-3-1-4-8-15)21-11-18(20(19)23)25-13-16-9-5-2-6-10-16/h1-10,17-23H,11-14H2/t17-,18+,19+,20-/m1/s1. The zero-order chi connectivity index (χ0) is 17.5. The maximum atomic E-state index is 10.3. The van der Waals surface area contributed by atoms with Crippen molar-refractivity contribution in [3.8, 4) is 0 Å². The second-order valence-corrected chi connectivity index (χ2v) is 6.33. The number of aliphatic hydroxyl groups is 2. The normalized spacial score (nSPS) is 26.5. The lowest BCUT2D eigenvalue weighted by Gasteiger charge is -2.38. The van der Waals surface area contributed by atoms with E-state index in [1.54, 1.807) is 0 Å². The molecule has 1 heterocycles. The van der Waals surface area contributed by atoms with Gasteiger partial charge in [-0.3, -0.25) is 0 Å². The number of ether oxygens (including phenoxy) is 2. The molecule has 0 radical (unpaired) electrons. The summed E-state index contributed by atoms with van der Waals surface area (Å²) in [6.45, 7) is 1.70. The minimum absolute atomic E-state index is 0.310. The van der Waals surface area contributed by atoms with Crippen LogP contribution in [-0.2, 0) is 22.7 Å². The van der Waals surface area contributed by atoms with Gasteiger partial charge in [0.1, 0.15) is 6.10 Å². The van der Waals surface area contributed by atoms with E-state index in [4.69, 9.17) is 9.47 Å². The van der Waals surface area contributed by atoms with Crippen molar-refractivity contribution in [3.05, 3.63) is 71.8 Å². The van der Waals surface area contributed by atoms with Crippen LogP contribution in [-0.4, -0.2) is 47.7 Å². The summed E-state index contributed by atoms with van der Waals surface area (Å²) in [5.41, 5.74) is 2.12. The third kappa shape index (κ3) is 5.11. The van der Waals surface area contributed by atoms with Gasteiger partial charge in [-0.2, -0.15) is 0 Å². The van der Waals surface area contributed by atoms with Crippen LogP contribution in [0.2, 0.25) is 0 Å². The van der Waals surface area contributed by atoms with E-state index in [-0.39, 0.29) is 6.04 Å². The zero-order valence-corrected chi connectivity index (χ0v) is 14.1. The fourth-order valence-electron chi connectivity index (χ4n) is 2.94. The van der Waals surface area contributed by atoms with Crippen molar-refractivity contribution >= 4 is 0 Å². The topological polar surface area (TPSA) is 71.0 Å². The fraction of sp³-hybridized carbons (Fsp3) is 0.400. The van der Waals surface area contributed by atoms with Crippen molar-refractivity contribution < 1.29 is 19.7 Å². The van der Waals surface area contributed by atoms with Gasteiger partial charge < -0.3 is 25.0 Å². The highest BCUT2D eigenvalue weighted by Crippen LogP contribution is 2.16. The summed E-state index contributed by atoms with van der Waals surface area (Å²) in [5.74, 6) is 0. The molecule has 5 nitrogen and oxygen atoms in total. The smallest absolute Gasteiger partial charge is 0.109 e. The van der Waals surface area contributed by atoms with Crippen molar-refractivity contribution in [1.82, 2.24) is 5.32 Å². The van der Waals surface area contributed by atoms with E-state index in [9.17, 15) is 10.2 Å². The minimum atomic E-state index is -0.935.